The number of benzene rings is 1. The molecule has 4 heteroatoms. The van der Waals surface area contributed by atoms with Gasteiger partial charge >= 0.3 is 0 Å². The Balaban J connectivity index is 2.15. The Labute approximate surface area is 104 Å². The highest BCUT2D eigenvalue weighted by molar-refractivity contribution is 5.82. The first kappa shape index (κ1) is 10.8. The zero-order chi connectivity index (χ0) is 12.4. The molecule has 0 aliphatic carbocycles. The van der Waals surface area contributed by atoms with E-state index in [1.165, 1.54) is 0 Å². The van der Waals surface area contributed by atoms with Gasteiger partial charge in [-0.1, -0.05) is 18.2 Å². The molecule has 2 heterocycles. The predicted molar refractivity (Wildman–Crippen MR) is 67.8 cm³/mol. The van der Waals surface area contributed by atoms with Crippen molar-refractivity contribution in [2.24, 2.45) is 0 Å². The van der Waals surface area contributed by atoms with Crippen LogP contribution in [0.1, 0.15) is 17.4 Å². The first-order chi connectivity index (χ1) is 8.86. The van der Waals surface area contributed by atoms with Crippen molar-refractivity contribution >= 4 is 10.9 Å². The number of aliphatic hydroxyl groups excluding tert-OH is 1. The monoisotopic (exact) mass is 237 g/mol. The lowest BCUT2D eigenvalue weighted by Crippen LogP contribution is -2.03. The molecule has 0 spiro atoms. The molecule has 0 radical (unpaired) electrons. The van der Waals surface area contributed by atoms with Crippen LogP contribution in [-0.4, -0.2) is 20.1 Å². The molecule has 0 amide bonds. The van der Waals surface area contributed by atoms with Gasteiger partial charge in [0, 0.05) is 24.0 Å². The van der Waals surface area contributed by atoms with E-state index in [-0.39, 0.29) is 0 Å². The maximum Gasteiger partial charge on any atom is 0.123 e. The van der Waals surface area contributed by atoms with Crippen LogP contribution in [0, 0.1) is 0 Å². The summed E-state index contributed by atoms with van der Waals surface area (Å²) in [5, 5.41) is 11.3. The molecule has 88 valence electrons. The van der Waals surface area contributed by atoms with Crippen molar-refractivity contribution in [2.75, 3.05) is 0 Å². The van der Waals surface area contributed by atoms with E-state index in [2.05, 4.69) is 15.0 Å². The second kappa shape index (κ2) is 4.50. The van der Waals surface area contributed by atoms with Gasteiger partial charge in [-0.05, 0) is 17.7 Å². The number of pyridine rings is 1. The summed E-state index contributed by atoms with van der Waals surface area (Å²) in [4.78, 5) is 12.4. The number of nitrogens with zero attached hydrogens (tertiary/aromatic N) is 3. The minimum Gasteiger partial charge on any atom is -0.382 e. The highest BCUT2D eigenvalue weighted by Crippen LogP contribution is 2.26. The molecule has 1 N–H and O–H groups in total. The fraction of sp³-hybridized carbons (Fsp3) is 0.0714. The summed E-state index contributed by atoms with van der Waals surface area (Å²) >= 11 is 0. The number of rotatable bonds is 2. The van der Waals surface area contributed by atoms with Gasteiger partial charge in [-0.3, -0.25) is 15.0 Å². The van der Waals surface area contributed by atoms with Gasteiger partial charge in [-0.25, -0.2) is 0 Å². The maximum absolute atomic E-state index is 10.4. The maximum atomic E-state index is 10.4. The molecule has 3 aromatic rings. The first-order valence-electron chi connectivity index (χ1n) is 5.64. The molecular weight excluding hydrogens is 226 g/mol. The lowest BCUT2D eigenvalue weighted by molar-refractivity contribution is 0.216. The quantitative estimate of drug-likeness (QED) is 0.741. The van der Waals surface area contributed by atoms with E-state index >= 15 is 0 Å². The van der Waals surface area contributed by atoms with E-state index in [9.17, 15) is 5.11 Å². The molecule has 0 saturated carbocycles. The van der Waals surface area contributed by atoms with Crippen LogP contribution in [0.2, 0.25) is 0 Å². The molecule has 0 fully saturated rings. The summed E-state index contributed by atoms with van der Waals surface area (Å²) in [6.45, 7) is 0. The minimum atomic E-state index is -0.786. The van der Waals surface area contributed by atoms with Gasteiger partial charge in [-0.2, -0.15) is 0 Å². The van der Waals surface area contributed by atoms with E-state index in [0.717, 1.165) is 16.5 Å². The average Bonchev–Trinajstić information content (AvgIpc) is 2.47. The molecule has 3 rings (SSSR count). The molecule has 0 aliphatic heterocycles. The second-order valence-electron chi connectivity index (χ2n) is 3.95. The Morgan fingerprint density at radius 1 is 0.944 bits per heavy atom. The second-order valence-corrected chi connectivity index (χ2v) is 3.95. The molecule has 1 unspecified atom stereocenters. The number of aromatic nitrogens is 3. The fourth-order valence-electron chi connectivity index (χ4n) is 1.98. The van der Waals surface area contributed by atoms with E-state index in [4.69, 9.17) is 0 Å². The SMILES string of the molecule is OC(c1cnccn1)c1cccc2ncccc12. The standard InChI is InChI=1S/C14H11N3O/c18-14(13-9-15-7-8-17-13)11-3-1-5-12-10(11)4-2-6-16-12/h1-9,14,18H. The Morgan fingerprint density at radius 3 is 2.72 bits per heavy atom. The summed E-state index contributed by atoms with van der Waals surface area (Å²) in [7, 11) is 0. The number of aliphatic hydroxyl groups is 1. The van der Waals surface area contributed by atoms with Gasteiger partial charge < -0.3 is 5.11 Å². The van der Waals surface area contributed by atoms with Gasteiger partial charge in [0.1, 0.15) is 6.10 Å². The summed E-state index contributed by atoms with van der Waals surface area (Å²) in [5.41, 5.74) is 2.19. The van der Waals surface area contributed by atoms with Crippen molar-refractivity contribution in [3.63, 3.8) is 0 Å². The normalized spacial score (nSPS) is 12.5. The topological polar surface area (TPSA) is 58.9 Å². The smallest absolute Gasteiger partial charge is 0.123 e. The lowest BCUT2D eigenvalue weighted by atomic mass is 10.0. The Kier molecular flexibility index (Phi) is 2.70. The Morgan fingerprint density at radius 2 is 1.89 bits per heavy atom. The van der Waals surface area contributed by atoms with Crippen LogP contribution in [0.5, 0.6) is 0 Å². The number of hydrogen-bond donors (Lipinski definition) is 1. The number of fused-ring (bicyclic) bond motifs is 1. The van der Waals surface area contributed by atoms with Crippen LogP contribution in [0.3, 0.4) is 0 Å². The molecular formula is C14H11N3O. The highest BCUT2D eigenvalue weighted by atomic mass is 16.3. The molecule has 18 heavy (non-hydrogen) atoms. The Bertz CT molecular complexity index is 665. The van der Waals surface area contributed by atoms with Gasteiger partial charge in [0.25, 0.3) is 0 Å². The van der Waals surface area contributed by atoms with Gasteiger partial charge in [0.2, 0.25) is 0 Å². The van der Waals surface area contributed by atoms with E-state index in [1.54, 1.807) is 24.8 Å². The summed E-state index contributed by atoms with van der Waals surface area (Å²) in [5.74, 6) is 0. The van der Waals surface area contributed by atoms with Crippen LogP contribution in [0.25, 0.3) is 10.9 Å². The molecule has 1 aromatic carbocycles. The molecule has 0 saturated heterocycles. The zero-order valence-corrected chi connectivity index (χ0v) is 9.56. The first-order valence-corrected chi connectivity index (χ1v) is 5.64. The van der Waals surface area contributed by atoms with Crippen LogP contribution >= 0.6 is 0 Å². The van der Waals surface area contributed by atoms with Crippen molar-refractivity contribution in [2.45, 2.75) is 6.10 Å². The van der Waals surface area contributed by atoms with Crippen molar-refractivity contribution in [1.29, 1.82) is 0 Å². The third-order valence-corrected chi connectivity index (χ3v) is 2.84. The highest BCUT2D eigenvalue weighted by Gasteiger charge is 2.14. The van der Waals surface area contributed by atoms with E-state index < -0.39 is 6.10 Å². The molecule has 4 nitrogen and oxygen atoms in total. The van der Waals surface area contributed by atoms with Crippen LogP contribution in [0.4, 0.5) is 0 Å². The van der Waals surface area contributed by atoms with Gasteiger partial charge in [0.15, 0.2) is 0 Å². The average molecular weight is 237 g/mol. The molecule has 1 atom stereocenters. The number of hydrogen-bond acceptors (Lipinski definition) is 4. The minimum absolute atomic E-state index is 0.536. The van der Waals surface area contributed by atoms with Gasteiger partial charge in [-0.15, -0.1) is 0 Å². The van der Waals surface area contributed by atoms with Crippen molar-refractivity contribution < 1.29 is 5.11 Å². The molecule has 2 aromatic heterocycles. The lowest BCUT2D eigenvalue weighted by Gasteiger charge is -2.12. The van der Waals surface area contributed by atoms with Crippen molar-refractivity contribution in [1.82, 2.24) is 15.0 Å². The fourth-order valence-corrected chi connectivity index (χ4v) is 1.98. The predicted octanol–water partition coefficient (Wildman–Crippen LogP) is 2.11. The molecule has 0 bridgehead atoms. The van der Waals surface area contributed by atoms with Crippen molar-refractivity contribution in [3.05, 3.63) is 66.4 Å². The van der Waals surface area contributed by atoms with Gasteiger partial charge in [0.05, 0.1) is 17.4 Å². The van der Waals surface area contributed by atoms with E-state index in [0.29, 0.717) is 5.69 Å². The van der Waals surface area contributed by atoms with E-state index in [1.807, 2.05) is 30.3 Å². The summed E-state index contributed by atoms with van der Waals surface area (Å²) < 4.78 is 0. The summed E-state index contributed by atoms with van der Waals surface area (Å²) in [6, 6.07) is 9.47. The third-order valence-electron chi connectivity index (χ3n) is 2.84. The molecule has 0 aliphatic rings. The summed E-state index contributed by atoms with van der Waals surface area (Å²) in [6.07, 6.45) is 5.68. The van der Waals surface area contributed by atoms with Crippen LogP contribution in [0.15, 0.2) is 55.1 Å². The van der Waals surface area contributed by atoms with Crippen LogP contribution in [-0.2, 0) is 0 Å². The Hall–Kier alpha value is -2.33. The largest absolute Gasteiger partial charge is 0.382 e. The third kappa shape index (κ3) is 1.83. The van der Waals surface area contributed by atoms with Crippen molar-refractivity contribution in [3.8, 4) is 0 Å². The zero-order valence-electron chi connectivity index (χ0n) is 9.56. The van der Waals surface area contributed by atoms with Crippen LogP contribution < -0.4 is 0 Å².